The van der Waals surface area contributed by atoms with Gasteiger partial charge in [0, 0.05) is 25.2 Å². The number of aryl methyl sites for hydroxylation is 2. The molecule has 0 fully saturated rings. The van der Waals surface area contributed by atoms with Crippen molar-refractivity contribution in [1.29, 1.82) is 0 Å². The molecule has 26 heavy (non-hydrogen) atoms. The molecule has 0 unspecified atom stereocenters. The average Bonchev–Trinajstić information content (AvgIpc) is 2.61. The molecule has 0 aliphatic carbocycles. The molecule has 2 aromatic heterocycles. The van der Waals surface area contributed by atoms with Crippen molar-refractivity contribution in [2.45, 2.75) is 39.8 Å². The lowest BCUT2D eigenvalue weighted by Crippen LogP contribution is -2.29. The van der Waals surface area contributed by atoms with E-state index >= 15 is 0 Å². The summed E-state index contributed by atoms with van der Waals surface area (Å²) in [4.78, 5) is 34.1. The molecule has 6 heteroatoms. The summed E-state index contributed by atoms with van der Waals surface area (Å²) in [5, 5.41) is 0.572. The van der Waals surface area contributed by atoms with Crippen LogP contribution < -0.4 is 11.0 Å². The second-order valence-corrected chi connectivity index (χ2v) is 6.51. The average molecular weight is 350 g/mol. The molecule has 0 saturated carbocycles. The lowest BCUT2D eigenvalue weighted by Gasteiger charge is -2.09. The van der Waals surface area contributed by atoms with Crippen LogP contribution in [0.2, 0.25) is 0 Å². The first-order valence-corrected chi connectivity index (χ1v) is 8.67. The van der Waals surface area contributed by atoms with E-state index in [9.17, 15) is 9.59 Å². The van der Waals surface area contributed by atoms with Crippen molar-refractivity contribution in [3.8, 4) is 0 Å². The lowest BCUT2D eigenvalue weighted by molar-refractivity contribution is 0.0890. The molecule has 0 spiro atoms. The molecular formula is C20H22N4O2. The van der Waals surface area contributed by atoms with E-state index in [2.05, 4.69) is 9.98 Å². The molecule has 0 N–H and O–H groups in total. The van der Waals surface area contributed by atoms with Crippen LogP contribution in [-0.2, 0) is 6.54 Å². The fourth-order valence-corrected chi connectivity index (χ4v) is 2.85. The fourth-order valence-electron chi connectivity index (χ4n) is 2.85. The zero-order valence-corrected chi connectivity index (χ0v) is 15.2. The summed E-state index contributed by atoms with van der Waals surface area (Å²) in [6.07, 6.45) is 3.41. The fraction of sp³-hybridized carbons (Fsp3) is 0.300. The Bertz CT molecular complexity index is 1080. The molecule has 1 aromatic carbocycles. The minimum atomic E-state index is -0.128. The number of hydrogen-bond donors (Lipinski definition) is 0. The molecule has 0 atom stereocenters. The Morgan fingerprint density at radius 1 is 1.19 bits per heavy atom. The van der Waals surface area contributed by atoms with Gasteiger partial charge < -0.3 is 0 Å². The van der Waals surface area contributed by atoms with Crippen LogP contribution >= 0.6 is 0 Å². The van der Waals surface area contributed by atoms with Crippen LogP contribution in [0.5, 0.6) is 0 Å². The molecule has 0 bridgehead atoms. The Labute approximate surface area is 151 Å². The van der Waals surface area contributed by atoms with Gasteiger partial charge in [-0.25, -0.2) is 4.98 Å². The minimum absolute atomic E-state index is 0.0898. The number of benzene rings is 1. The topological polar surface area (TPSA) is 69.2 Å². The van der Waals surface area contributed by atoms with E-state index in [0.717, 1.165) is 5.56 Å². The van der Waals surface area contributed by atoms with E-state index in [1.165, 1.54) is 15.5 Å². The molecule has 2 heterocycles. The van der Waals surface area contributed by atoms with Crippen molar-refractivity contribution in [1.82, 2.24) is 14.1 Å². The van der Waals surface area contributed by atoms with Crippen LogP contribution in [0.1, 0.15) is 30.6 Å². The Morgan fingerprint density at radius 3 is 2.77 bits per heavy atom. The van der Waals surface area contributed by atoms with Gasteiger partial charge >= 0.3 is 0 Å². The highest BCUT2D eigenvalue weighted by Crippen LogP contribution is 2.11. The van der Waals surface area contributed by atoms with Gasteiger partial charge in [0.05, 0.1) is 17.2 Å². The van der Waals surface area contributed by atoms with E-state index in [-0.39, 0.29) is 30.5 Å². The van der Waals surface area contributed by atoms with E-state index in [0.29, 0.717) is 16.4 Å². The predicted molar refractivity (Wildman–Crippen MR) is 101 cm³/mol. The Balaban J connectivity index is 1.87. The molecule has 6 nitrogen and oxygen atoms in total. The predicted octanol–water partition coefficient (Wildman–Crippen LogP) is 2.55. The maximum atomic E-state index is 12.6. The standard InChI is InChI=1S/C20H22N4O2/c1-14(2)22-17-9-4-5-11-24(17)18(25)10-12-23-13-21-19-15(3)7-6-8-16(19)20(23)26/h4-9,11,13-14H,10,12H2,1-3H3. The maximum absolute atomic E-state index is 12.6. The van der Waals surface area contributed by atoms with Gasteiger partial charge in [-0.05, 0) is 44.5 Å². The van der Waals surface area contributed by atoms with Crippen LogP contribution in [0.25, 0.3) is 10.9 Å². The van der Waals surface area contributed by atoms with Crippen molar-refractivity contribution in [3.63, 3.8) is 0 Å². The maximum Gasteiger partial charge on any atom is 0.261 e. The third-order valence-corrected chi connectivity index (χ3v) is 4.12. The van der Waals surface area contributed by atoms with Crippen molar-refractivity contribution < 1.29 is 4.79 Å². The highest BCUT2D eigenvalue weighted by Gasteiger charge is 2.09. The van der Waals surface area contributed by atoms with Gasteiger partial charge in [0.25, 0.3) is 5.56 Å². The first kappa shape index (κ1) is 17.8. The molecule has 0 aliphatic heterocycles. The summed E-state index contributed by atoms with van der Waals surface area (Å²) in [6, 6.07) is 11.1. The van der Waals surface area contributed by atoms with Gasteiger partial charge in [-0.3, -0.25) is 23.7 Å². The molecule has 3 aromatic rings. The smallest absolute Gasteiger partial charge is 0.261 e. The summed E-state index contributed by atoms with van der Waals surface area (Å²) < 4.78 is 3.02. The zero-order chi connectivity index (χ0) is 18.7. The summed E-state index contributed by atoms with van der Waals surface area (Å²) in [5.74, 6) is -0.110. The number of rotatable bonds is 4. The van der Waals surface area contributed by atoms with Crippen molar-refractivity contribution in [2.24, 2.45) is 4.99 Å². The first-order chi connectivity index (χ1) is 12.5. The molecule has 0 aliphatic rings. The van der Waals surface area contributed by atoms with Gasteiger partial charge in [-0.15, -0.1) is 0 Å². The zero-order valence-electron chi connectivity index (χ0n) is 15.2. The Kier molecular flexibility index (Phi) is 5.11. The highest BCUT2D eigenvalue weighted by atomic mass is 16.2. The number of carbonyl (C=O) groups is 1. The molecule has 0 saturated heterocycles. The Morgan fingerprint density at radius 2 is 2.00 bits per heavy atom. The third kappa shape index (κ3) is 3.64. The quantitative estimate of drug-likeness (QED) is 0.726. The van der Waals surface area contributed by atoms with Crippen molar-refractivity contribution >= 4 is 16.8 Å². The van der Waals surface area contributed by atoms with Gasteiger partial charge in [0.2, 0.25) is 5.91 Å². The number of aromatic nitrogens is 3. The minimum Gasteiger partial charge on any atom is -0.298 e. The van der Waals surface area contributed by atoms with E-state index < -0.39 is 0 Å². The third-order valence-electron chi connectivity index (χ3n) is 4.12. The SMILES string of the molecule is Cc1cccc2c(=O)n(CCC(=O)n3ccccc3=NC(C)C)cnc12. The summed E-state index contributed by atoms with van der Waals surface area (Å²) in [6.45, 7) is 6.13. The second kappa shape index (κ2) is 7.47. The second-order valence-electron chi connectivity index (χ2n) is 6.51. The number of carbonyl (C=O) groups excluding carboxylic acids is 1. The van der Waals surface area contributed by atoms with Crippen molar-refractivity contribution in [2.75, 3.05) is 0 Å². The van der Waals surface area contributed by atoms with Gasteiger partial charge in [0.1, 0.15) is 5.49 Å². The van der Waals surface area contributed by atoms with Gasteiger partial charge in [-0.2, -0.15) is 0 Å². The van der Waals surface area contributed by atoms with Crippen LogP contribution in [0, 0.1) is 6.92 Å². The van der Waals surface area contributed by atoms with Crippen LogP contribution in [0.3, 0.4) is 0 Å². The summed E-state index contributed by atoms with van der Waals surface area (Å²) >= 11 is 0. The number of para-hydroxylation sites is 1. The summed E-state index contributed by atoms with van der Waals surface area (Å²) in [5.41, 5.74) is 2.15. The van der Waals surface area contributed by atoms with Crippen LogP contribution in [-0.4, -0.2) is 26.1 Å². The van der Waals surface area contributed by atoms with Crippen molar-refractivity contribution in [3.05, 3.63) is 70.3 Å². The van der Waals surface area contributed by atoms with E-state index in [4.69, 9.17) is 0 Å². The number of nitrogens with zero attached hydrogens (tertiary/aromatic N) is 4. The largest absolute Gasteiger partial charge is 0.298 e. The van der Waals surface area contributed by atoms with Crippen LogP contribution in [0.4, 0.5) is 0 Å². The first-order valence-electron chi connectivity index (χ1n) is 8.67. The van der Waals surface area contributed by atoms with Gasteiger partial charge in [0.15, 0.2) is 0 Å². The number of hydrogen-bond acceptors (Lipinski definition) is 4. The monoisotopic (exact) mass is 350 g/mol. The Hall–Kier alpha value is -3.02. The molecule has 134 valence electrons. The highest BCUT2D eigenvalue weighted by molar-refractivity contribution is 5.80. The molecular weight excluding hydrogens is 328 g/mol. The summed E-state index contributed by atoms with van der Waals surface area (Å²) in [7, 11) is 0. The van der Waals surface area contributed by atoms with Crippen LogP contribution in [0.15, 0.2) is 58.7 Å². The number of pyridine rings is 1. The molecule has 0 amide bonds. The molecule has 0 radical (unpaired) electrons. The lowest BCUT2D eigenvalue weighted by atomic mass is 10.1. The van der Waals surface area contributed by atoms with E-state index in [1.54, 1.807) is 18.3 Å². The number of fused-ring (bicyclic) bond motifs is 1. The van der Waals surface area contributed by atoms with Gasteiger partial charge in [-0.1, -0.05) is 18.2 Å². The van der Waals surface area contributed by atoms with E-state index in [1.807, 2.05) is 45.0 Å². The normalized spacial score (nSPS) is 12.1. The molecule has 3 rings (SSSR count).